The summed E-state index contributed by atoms with van der Waals surface area (Å²) in [7, 11) is 0. The van der Waals surface area contributed by atoms with Crippen LogP contribution in [0.1, 0.15) is 16.7 Å². The van der Waals surface area contributed by atoms with Crippen molar-refractivity contribution in [1.29, 1.82) is 0 Å². The van der Waals surface area contributed by atoms with E-state index in [9.17, 15) is 14.5 Å². The number of hydrogen-bond acceptors (Lipinski definition) is 9. The molecule has 0 saturated heterocycles. The molecule has 0 amide bonds. The van der Waals surface area contributed by atoms with Crippen LogP contribution >= 0.6 is 0 Å². The normalized spacial score (nSPS) is 10.8. The van der Waals surface area contributed by atoms with E-state index in [1.54, 1.807) is 24.3 Å². The summed E-state index contributed by atoms with van der Waals surface area (Å²) < 4.78 is 13.4. The van der Waals surface area contributed by atoms with Gasteiger partial charge in [0, 0.05) is 23.5 Å². The van der Waals surface area contributed by atoms with Gasteiger partial charge in [0.2, 0.25) is 17.8 Å². The predicted octanol–water partition coefficient (Wildman–Crippen LogP) is 5.47. The van der Waals surface area contributed by atoms with Crippen molar-refractivity contribution < 1.29 is 9.31 Å². The fraction of sp³-hybridized carbons (Fsp3) is 0.0833. The molecule has 176 valence electrons. The first-order valence-electron chi connectivity index (χ1n) is 10.5. The standard InChI is InChI=1S/C24H21FN8O2/c1-15-6-7-20(12-16(15)2)28-23-29-22(27-19-8-10-21(11-9-19)33(34)35)30-24(31-23)32-26-14-17-4-3-5-18(25)13-17/h3-14H,1-2H3,(H3,27,28,29,30,31,32). The first-order chi connectivity index (χ1) is 16.9. The second kappa shape index (κ2) is 10.3. The van der Waals surface area contributed by atoms with Crippen LogP contribution in [-0.2, 0) is 0 Å². The molecular weight excluding hydrogens is 451 g/mol. The number of aromatic nitrogens is 3. The smallest absolute Gasteiger partial charge is 0.269 e. The number of anilines is 5. The zero-order valence-corrected chi connectivity index (χ0v) is 18.9. The van der Waals surface area contributed by atoms with E-state index in [0.717, 1.165) is 16.8 Å². The van der Waals surface area contributed by atoms with Gasteiger partial charge in [-0.05, 0) is 66.9 Å². The Morgan fingerprint density at radius 1 is 0.857 bits per heavy atom. The van der Waals surface area contributed by atoms with Gasteiger partial charge in [0.15, 0.2) is 0 Å². The molecule has 0 aliphatic rings. The van der Waals surface area contributed by atoms with E-state index in [1.165, 1.54) is 30.5 Å². The van der Waals surface area contributed by atoms with Crippen molar-refractivity contribution in [3.8, 4) is 0 Å². The highest BCUT2D eigenvalue weighted by Crippen LogP contribution is 2.22. The Morgan fingerprint density at radius 3 is 2.17 bits per heavy atom. The molecule has 0 aliphatic carbocycles. The maximum absolute atomic E-state index is 13.4. The number of benzene rings is 3. The molecule has 4 aromatic rings. The molecule has 11 heteroatoms. The van der Waals surface area contributed by atoms with Gasteiger partial charge in [0.1, 0.15) is 5.82 Å². The number of nitro groups is 1. The van der Waals surface area contributed by atoms with Crippen molar-refractivity contribution in [2.45, 2.75) is 13.8 Å². The van der Waals surface area contributed by atoms with Crippen molar-refractivity contribution in [1.82, 2.24) is 15.0 Å². The molecule has 3 aromatic carbocycles. The number of nitro benzene ring substituents is 1. The second-order valence-electron chi connectivity index (χ2n) is 7.58. The average Bonchev–Trinajstić information content (AvgIpc) is 2.82. The van der Waals surface area contributed by atoms with Crippen molar-refractivity contribution in [2.75, 3.05) is 16.1 Å². The SMILES string of the molecule is Cc1ccc(Nc2nc(NN=Cc3cccc(F)c3)nc(Nc3ccc([N+](=O)[O-])cc3)n2)cc1C. The minimum Gasteiger partial charge on any atom is -0.324 e. The molecule has 0 fully saturated rings. The molecule has 35 heavy (non-hydrogen) atoms. The van der Waals surface area contributed by atoms with Gasteiger partial charge in [0.25, 0.3) is 5.69 Å². The minimum absolute atomic E-state index is 0.0302. The van der Waals surface area contributed by atoms with Crippen LogP contribution in [0.3, 0.4) is 0 Å². The Kier molecular flexibility index (Phi) is 6.86. The van der Waals surface area contributed by atoms with E-state index in [-0.39, 0.29) is 29.3 Å². The van der Waals surface area contributed by atoms with E-state index >= 15 is 0 Å². The van der Waals surface area contributed by atoms with Gasteiger partial charge in [-0.25, -0.2) is 9.82 Å². The average molecular weight is 472 g/mol. The Balaban J connectivity index is 1.60. The molecule has 0 radical (unpaired) electrons. The number of hydrazone groups is 1. The number of nitrogens with one attached hydrogen (secondary N) is 3. The highest BCUT2D eigenvalue weighted by atomic mass is 19.1. The van der Waals surface area contributed by atoms with E-state index in [2.05, 4.69) is 36.1 Å². The number of aryl methyl sites for hydroxylation is 2. The summed E-state index contributed by atoms with van der Waals surface area (Å²) in [6.07, 6.45) is 1.44. The number of non-ortho nitro benzene ring substituents is 1. The first kappa shape index (κ1) is 23.2. The maximum atomic E-state index is 13.4. The summed E-state index contributed by atoms with van der Waals surface area (Å²) >= 11 is 0. The second-order valence-corrected chi connectivity index (χ2v) is 7.58. The van der Waals surface area contributed by atoms with E-state index in [4.69, 9.17) is 0 Å². The topological polar surface area (TPSA) is 130 Å². The number of hydrogen-bond donors (Lipinski definition) is 3. The van der Waals surface area contributed by atoms with Gasteiger partial charge >= 0.3 is 0 Å². The molecule has 0 aliphatic heterocycles. The number of nitrogens with zero attached hydrogens (tertiary/aromatic N) is 5. The van der Waals surface area contributed by atoms with E-state index in [0.29, 0.717) is 11.3 Å². The third-order valence-corrected chi connectivity index (χ3v) is 4.96. The lowest BCUT2D eigenvalue weighted by Gasteiger charge is -2.11. The van der Waals surface area contributed by atoms with Crippen molar-refractivity contribution in [3.63, 3.8) is 0 Å². The summed E-state index contributed by atoms with van der Waals surface area (Å²) in [6.45, 7) is 4.02. The lowest BCUT2D eigenvalue weighted by molar-refractivity contribution is -0.384. The number of rotatable bonds is 8. The summed E-state index contributed by atoms with van der Waals surface area (Å²) in [5.74, 6) is 0.187. The Morgan fingerprint density at radius 2 is 1.51 bits per heavy atom. The molecular formula is C24H21FN8O2. The molecule has 0 bridgehead atoms. The highest BCUT2D eigenvalue weighted by molar-refractivity contribution is 5.80. The monoisotopic (exact) mass is 472 g/mol. The quantitative estimate of drug-likeness (QED) is 0.175. The Labute approximate surface area is 200 Å². The van der Waals surface area contributed by atoms with Gasteiger partial charge in [-0.15, -0.1) is 0 Å². The molecule has 0 unspecified atom stereocenters. The van der Waals surface area contributed by atoms with Crippen molar-refractivity contribution in [2.24, 2.45) is 5.10 Å². The van der Waals surface area contributed by atoms with Crippen molar-refractivity contribution in [3.05, 3.63) is 99.4 Å². The minimum atomic E-state index is -0.475. The molecule has 0 atom stereocenters. The van der Waals surface area contributed by atoms with Gasteiger partial charge in [-0.1, -0.05) is 18.2 Å². The summed E-state index contributed by atoms with van der Waals surface area (Å²) in [5, 5.41) is 21.1. The Bertz CT molecular complexity index is 1390. The zero-order chi connectivity index (χ0) is 24.8. The van der Waals surface area contributed by atoms with Crippen LogP contribution in [0.5, 0.6) is 0 Å². The lowest BCUT2D eigenvalue weighted by Crippen LogP contribution is -2.07. The molecule has 0 spiro atoms. The highest BCUT2D eigenvalue weighted by Gasteiger charge is 2.10. The fourth-order valence-corrected chi connectivity index (χ4v) is 3.03. The molecule has 10 nitrogen and oxygen atoms in total. The summed E-state index contributed by atoms with van der Waals surface area (Å²) in [6, 6.07) is 17.7. The third kappa shape index (κ3) is 6.32. The summed E-state index contributed by atoms with van der Waals surface area (Å²) in [4.78, 5) is 23.5. The van der Waals surface area contributed by atoms with E-state index < -0.39 is 4.92 Å². The number of halogens is 1. The largest absolute Gasteiger partial charge is 0.324 e. The molecule has 1 heterocycles. The van der Waals surface area contributed by atoms with Crippen LogP contribution in [-0.4, -0.2) is 26.1 Å². The fourth-order valence-electron chi connectivity index (χ4n) is 3.03. The van der Waals surface area contributed by atoms with Crippen LogP contribution < -0.4 is 16.1 Å². The van der Waals surface area contributed by atoms with Crippen LogP contribution in [0.15, 0.2) is 71.8 Å². The van der Waals surface area contributed by atoms with Gasteiger partial charge in [0.05, 0.1) is 11.1 Å². The van der Waals surface area contributed by atoms with Gasteiger partial charge < -0.3 is 10.6 Å². The maximum Gasteiger partial charge on any atom is 0.269 e. The molecule has 4 rings (SSSR count). The zero-order valence-electron chi connectivity index (χ0n) is 18.9. The van der Waals surface area contributed by atoms with E-state index in [1.807, 2.05) is 32.0 Å². The van der Waals surface area contributed by atoms with Crippen LogP contribution in [0, 0.1) is 29.8 Å². The molecule has 0 saturated carbocycles. The van der Waals surface area contributed by atoms with Gasteiger partial charge in [-0.3, -0.25) is 10.1 Å². The van der Waals surface area contributed by atoms with Crippen molar-refractivity contribution >= 4 is 41.1 Å². The first-order valence-corrected chi connectivity index (χ1v) is 10.5. The lowest BCUT2D eigenvalue weighted by atomic mass is 10.1. The predicted molar refractivity (Wildman–Crippen MR) is 133 cm³/mol. The molecule has 3 N–H and O–H groups in total. The molecule has 1 aromatic heterocycles. The van der Waals surface area contributed by atoms with Crippen LogP contribution in [0.4, 0.5) is 39.3 Å². The third-order valence-electron chi connectivity index (χ3n) is 4.96. The summed E-state index contributed by atoms with van der Waals surface area (Å²) in [5.41, 5.74) is 6.85. The van der Waals surface area contributed by atoms with Gasteiger partial charge in [-0.2, -0.15) is 20.1 Å². The Hall–Kier alpha value is -4.93. The van der Waals surface area contributed by atoms with Crippen LogP contribution in [0.25, 0.3) is 0 Å². The van der Waals surface area contributed by atoms with Crippen LogP contribution in [0.2, 0.25) is 0 Å².